The van der Waals surface area contributed by atoms with Crippen molar-refractivity contribution in [2.75, 3.05) is 55.1 Å². The normalized spacial score (nSPS) is 22.6. The highest BCUT2D eigenvalue weighted by molar-refractivity contribution is 5.87. The number of hydrogen-bond acceptors (Lipinski definition) is 10. The van der Waals surface area contributed by atoms with Gasteiger partial charge in [0.15, 0.2) is 17.0 Å². The van der Waals surface area contributed by atoms with Crippen LogP contribution in [0.4, 0.5) is 17.7 Å². The summed E-state index contributed by atoms with van der Waals surface area (Å²) in [6.45, 7) is 8.36. The number of aromatic nitrogens is 6. The van der Waals surface area contributed by atoms with Gasteiger partial charge in [0, 0.05) is 25.5 Å². The molecule has 2 fully saturated rings. The highest BCUT2D eigenvalue weighted by Crippen LogP contribution is 2.30. The SMILES string of the molecule is CC1COCCN1c1nc(N2CCOCC2C)c2nc(-c3cnc(N)nc3)[nH]c2n1. The van der Waals surface area contributed by atoms with Crippen molar-refractivity contribution in [3.8, 4) is 11.4 Å². The first-order valence-corrected chi connectivity index (χ1v) is 10.1. The van der Waals surface area contributed by atoms with Crippen LogP contribution in [0.3, 0.4) is 0 Å². The van der Waals surface area contributed by atoms with Crippen molar-refractivity contribution in [1.29, 1.82) is 0 Å². The minimum Gasteiger partial charge on any atom is -0.377 e. The number of fused-ring (bicyclic) bond motifs is 1. The van der Waals surface area contributed by atoms with Crippen LogP contribution in [0.2, 0.25) is 0 Å². The van der Waals surface area contributed by atoms with E-state index in [1.165, 1.54) is 0 Å². The quantitative estimate of drug-likeness (QED) is 0.639. The second-order valence-corrected chi connectivity index (χ2v) is 7.69. The van der Waals surface area contributed by atoms with Gasteiger partial charge in [-0.1, -0.05) is 0 Å². The molecule has 3 aromatic heterocycles. The molecule has 3 aromatic rings. The van der Waals surface area contributed by atoms with Gasteiger partial charge in [0.25, 0.3) is 0 Å². The van der Waals surface area contributed by atoms with Crippen LogP contribution in [-0.2, 0) is 9.47 Å². The molecule has 0 bridgehead atoms. The molecule has 0 aromatic carbocycles. The Morgan fingerprint density at radius 3 is 2.30 bits per heavy atom. The lowest BCUT2D eigenvalue weighted by Gasteiger charge is -2.36. The molecule has 0 spiro atoms. The van der Waals surface area contributed by atoms with Crippen molar-refractivity contribution >= 4 is 28.9 Å². The molecule has 0 aliphatic carbocycles. The Morgan fingerprint density at radius 2 is 1.63 bits per heavy atom. The van der Waals surface area contributed by atoms with Gasteiger partial charge in [0.05, 0.1) is 44.1 Å². The molecule has 0 radical (unpaired) electrons. The zero-order chi connectivity index (χ0) is 20.7. The van der Waals surface area contributed by atoms with Gasteiger partial charge in [-0.25, -0.2) is 15.0 Å². The molecule has 5 heterocycles. The van der Waals surface area contributed by atoms with Crippen molar-refractivity contribution in [3.63, 3.8) is 0 Å². The number of nitrogens with one attached hydrogen (secondary N) is 1. The Morgan fingerprint density at radius 1 is 0.967 bits per heavy atom. The van der Waals surface area contributed by atoms with E-state index in [9.17, 15) is 0 Å². The second-order valence-electron chi connectivity index (χ2n) is 7.69. The van der Waals surface area contributed by atoms with E-state index >= 15 is 0 Å². The first-order valence-electron chi connectivity index (χ1n) is 10.1. The number of nitrogen functional groups attached to an aromatic ring is 1. The Balaban J connectivity index is 1.64. The minimum atomic E-state index is 0.187. The fraction of sp³-hybridized carbons (Fsp3) is 0.526. The average molecular weight is 411 g/mol. The predicted octanol–water partition coefficient (Wildman–Crippen LogP) is 0.842. The molecule has 0 saturated carbocycles. The number of H-pyrrole nitrogens is 1. The Labute approximate surface area is 173 Å². The lowest BCUT2D eigenvalue weighted by atomic mass is 10.2. The molecule has 5 rings (SSSR count). The molecule has 2 atom stereocenters. The number of imidazole rings is 1. The summed E-state index contributed by atoms with van der Waals surface area (Å²) in [5.74, 6) is 2.34. The Hall–Kier alpha value is -3.05. The summed E-state index contributed by atoms with van der Waals surface area (Å²) in [7, 11) is 0. The standard InChI is InChI=1S/C19H25N9O2/c1-11-9-29-5-3-27(11)17-14-16(24-15(23-14)13-7-21-18(20)22-8-13)25-19(26-17)28-4-6-30-10-12(28)2/h7-8,11-12H,3-6,9-10H2,1-2H3,(H2,20,21,22)(H,23,24,25,26). The van der Waals surface area contributed by atoms with Gasteiger partial charge in [-0.15, -0.1) is 0 Å². The topological polar surface area (TPSA) is 131 Å². The van der Waals surface area contributed by atoms with Crippen LogP contribution in [-0.4, -0.2) is 81.5 Å². The third-order valence-electron chi connectivity index (χ3n) is 5.52. The largest absolute Gasteiger partial charge is 0.377 e. The van der Waals surface area contributed by atoms with Crippen LogP contribution >= 0.6 is 0 Å². The number of nitrogens with zero attached hydrogens (tertiary/aromatic N) is 7. The zero-order valence-corrected chi connectivity index (χ0v) is 17.1. The van der Waals surface area contributed by atoms with Gasteiger partial charge in [-0.2, -0.15) is 9.97 Å². The summed E-state index contributed by atoms with van der Waals surface area (Å²) >= 11 is 0. The Kier molecular flexibility index (Phi) is 4.83. The van der Waals surface area contributed by atoms with Crippen molar-refractivity contribution in [2.24, 2.45) is 0 Å². The predicted molar refractivity (Wildman–Crippen MR) is 112 cm³/mol. The number of hydrogen-bond donors (Lipinski definition) is 2. The maximum atomic E-state index is 5.63. The van der Waals surface area contributed by atoms with E-state index in [4.69, 9.17) is 30.2 Å². The summed E-state index contributed by atoms with van der Waals surface area (Å²) in [5.41, 5.74) is 7.77. The molecular weight excluding hydrogens is 386 g/mol. The van der Waals surface area contributed by atoms with Crippen molar-refractivity contribution < 1.29 is 9.47 Å². The van der Waals surface area contributed by atoms with Crippen LogP contribution in [0.1, 0.15) is 13.8 Å². The van der Waals surface area contributed by atoms with Gasteiger partial charge in [-0.3, -0.25) is 0 Å². The molecule has 30 heavy (non-hydrogen) atoms. The second kappa shape index (κ2) is 7.65. The van der Waals surface area contributed by atoms with Crippen LogP contribution in [0.25, 0.3) is 22.6 Å². The van der Waals surface area contributed by atoms with Gasteiger partial charge >= 0.3 is 0 Å². The summed E-state index contributed by atoms with van der Waals surface area (Å²) in [6.07, 6.45) is 3.30. The molecule has 2 unspecified atom stereocenters. The smallest absolute Gasteiger partial charge is 0.229 e. The number of ether oxygens (including phenoxy) is 2. The fourth-order valence-corrected chi connectivity index (χ4v) is 3.87. The molecule has 0 amide bonds. The lowest BCUT2D eigenvalue weighted by Crippen LogP contribution is -2.46. The molecule has 2 aliphatic heterocycles. The Bertz CT molecular complexity index is 1040. The summed E-state index contributed by atoms with van der Waals surface area (Å²) in [5, 5.41) is 0. The number of anilines is 3. The molecule has 11 nitrogen and oxygen atoms in total. The number of nitrogens with two attached hydrogens (primary N) is 1. The lowest BCUT2D eigenvalue weighted by molar-refractivity contribution is 0.0973. The third kappa shape index (κ3) is 3.39. The van der Waals surface area contributed by atoms with E-state index in [1.54, 1.807) is 12.4 Å². The molecule has 3 N–H and O–H groups in total. The van der Waals surface area contributed by atoms with Gasteiger partial charge < -0.3 is 30.0 Å². The van der Waals surface area contributed by atoms with Crippen molar-refractivity contribution in [2.45, 2.75) is 25.9 Å². The number of rotatable bonds is 3. The minimum absolute atomic E-state index is 0.187. The molecule has 2 aliphatic rings. The van der Waals surface area contributed by atoms with Crippen LogP contribution in [0, 0.1) is 0 Å². The maximum Gasteiger partial charge on any atom is 0.229 e. The van der Waals surface area contributed by atoms with E-state index < -0.39 is 0 Å². The van der Waals surface area contributed by atoms with Gasteiger partial charge in [0.2, 0.25) is 11.9 Å². The summed E-state index contributed by atoms with van der Waals surface area (Å²) < 4.78 is 11.2. The molecule has 2 saturated heterocycles. The highest BCUT2D eigenvalue weighted by atomic mass is 16.5. The fourth-order valence-electron chi connectivity index (χ4n) is 3.87. The van der Waals surface area contributed by atoms with E-state index in [-0.39, 0.29) is 18.0 Å². The van der Waals surface area contributed by atoms with Crippen molar-refractivity contribution in [1.82, 2.24) is 29.9 Å². The summed E-state index contributed by atoms with van der Waals surface area (Å²) in [6, 6.07) is 0.380. The molecule has 158 valence electrons. The molecule has 11 heteroatoms. The van der Waals surface area contributed by atoms with Gasteiger partial charge in [-0.05, 0) is 13.8 Å². The first-order chi connectivity index (χ1) is 14.6. The van der Waals surface area contributed by atoms with E-state index in [2.05, 4.69) is 38.6 Å². The van der Waals surface area contributed by atoms with Crippen molar-refractivity contribution in [3.05, 3.63) is 12.4 Å². The van der Waals surface area contributed by atoms with Gasteiger partial charge in [0.1, 0.15) is 5.82 Å². The molecular formula is C19H25N9O2. The number of morpholine rings is 2. The summed E-state index contributed by atoms with van der Waals surface area (Å²) in [4.78, 5) is 30.5. The van der Waals surface area contributed by atoms with Crippen LogP contribution in [0.15, 0.2) is 12.4 Å². The zero-order valence-electron chi connectivity index (χ0n) is 17.1. The first kappa shape index (κ1) is 18.9. The van der Waals surface area contributed by atoms with E-state index in [0.29, 0.717) is 43.8 Å². The van der Waals surface area contributed by atoms with E-state index in [1.807, 2.05) is 0 Å². The van der Waals surface area contributed by atoms with Crippen LogP contribution in [0.5, 0.6) is 0 Å². The third-order valence-corrected chi connectivity index (χ3v) is 5.52. The maximum absolute atomic E-state index is 5.63. The highest BCUT2D eigenvalue weighted by Gasteiger charge is 2.28. The monoisotopic (exact) mass is 411 g/mol. The number of aromatic amines is 1. The van der Waals surface area contributed by atoms with Crippen LogP contribution < -0.4 is 15.5 Å². The average Bonchev–Trinajstić information content (AvgIpc) is 3.18. The van der Waals surface area contributed by atoms with E-state index in [0.717, 1.165) is 30.0 Å².